The number of nitrogens with one attached hydrogen (secondary N) is 1. The van der Waals surface area contributed by atoms with E-state index in [-0.39, 0.29) is 5.78 Å². The van der Waals surface area contributed by atoms with E-state index in [0.717, 1.165) is 5.56 Å². The smallest absolute Gasteiger partial charge is 0.254 e. The van der Waals surface area contributed by atoms with Crippen LogP contribution in [-0.4, -0.2) is 21.7 Å². The van der Waals surface area contributed by atoms with E-state index in [0.29, 0.717) is 16.9 Å². The number of carbonyl (C=O) groups excluding carboxylic acids is 2. The predicted octanol–water partition coefficient (Wildman–Crippen LogP) is 4.70. The van der Waals surface area contributed by atoms with Crippen LogP contribution < -0.4 is 10.1 Å². The second-order valence-electron chi connectivity index (χ2n) is 5.46. The minimum atomic E-state index is -1.89. The van der Waals surface area contributed by atoms with Gasteiger partial charge in [0.25, 0.3) is 5.91 Å². The van der Waals surface area contributed by atoms with Crippen LogP contribution in [0.15, 0.2) is 48.5 Å². The molecule has 1 atom stereocenters. The Labute approximate surface area is 161 Å². The van der Waals surface area contributed by atoms with Crippen molar-refractivity contribution in [2.45, 2.75) is 23.9 Å². The third kappa shape index (κ3) is 5.63. The second-order valence-corrected chi connectivity index (χ2v) is 7.83. The lowest BCUT2D eigenvalue weighted by Crippen LogP contribution is -2.47. The summed E-state index contributed by atoms with van der Waals surface area (Å²) in [5.74, 6) is -0.150. The molecule has 0 heterocycles. The summed E-state index contributed by atoms with van der Waals surface area (Å²) in [6.07, 6.45) is -1.21. The summed E-state index contributed by atoms with van der Waals surface area (Å²) in [4.78, 5) is 23.7. The fourth-order valence-electron chi connectivity index (χ4n) is 2.07. The summed E-state index contributed by atoms with van der Waals surface area (Å²) in [6.45, 7) is 3.33. The van der Waals surface area contributed by atoms with Crippen LogP contribution in [-0.2, 0) is 0 Å². The first-order chi connectivity index (χ1) is 11.7. The standard InChI is InChI=1S/C18H16Cl3NO3/c1-11-4-3-5-14(10-11)16(24)22-17(18(19,20)21)25-15-8-6-13(7-9-15)12(2)23/h3-10,17H,1-2H3,(H,22,24)/t17-/m0/s1. The fourth-order valence-corrected chi connectivity index (χ4v) is 2.37. The Morgan fingerprint density at radius 1 is 1.04 bits per heavy atom. The highest BCUT2D eigenvalue weighted by Crippen LogP contribution is 2.32. The zero-order valence-corrected chi connectivity index (χ0v) is 15.8. The lowest BCUT2D eigenvalue weighted by molar-refractivity contribution is 0.0833. The van der Waals surface area contributed by atoms with Crippen molar-refractivity contribution in [2.24, 2.45) is 0 Å². The molecule has 0 spiro atoms. The van der Waals surface area contributed by atoms with E-state index in [1.54, 1.807) is 42.5 Å². The summed E-state index contributed by atoms with van der Waals surface area (Å²) in [5, 5.41) is 2.56. The Kier molecular flexibility index (Phi) is 6.33. The van der Waals surface area contributed by atoms with Crippen LogP contribution in [0.4, 0.5) is 0 Å². The van der Waals surface area contributed by atoms with Crippen LogP contribution in [0, 0.1) is 6.92 Å². The maximum absolute atomic E-state index is 12.4. The average Bonchev–Trinajstić information content (AvgIpc) is 2.53. The van der Waals surface area contributed by atoms with Crippen molar-refractivity contribution in [1.29, 1.82) is 0 Å². The van der Waals surface area contributed by atoms with Crippen molar-refractivity contribution in [3.8, 4) is 5.75 Å². The van der Waals surface area contributed by atoms with E-state index in [1.807, 2.05) is 13.0 Å². The van der Waals surface area contributed by atoms with Crippen LogP contribution >= 0.6 is 34.8 Å². The average molecular weight is 401 g/mol. The molecule has 0 aliphatic heterocycles. The third-order valence-electron chi connectivity index (χ3n) is 3.35. The Balaban J connectivity index is 2.16. The molecule has 4 nitrogen and oxygen atoms in total. The van der Waals surface area contributed by atoms with E-state index >= 15 is 0 Å². The van der Waals surface area contributed by atoms with Crippen molar-refractivity contribution in [1.82, 2.24) is 5.32 Å². The minimum Gasteiger partial charge on any atom is -0.466 e. The highest BCUT2D eigenvalue weighted by atomic mass is 35.6. The van der Waals surface area contributed by atoms with Gasteiger partial charge in [-0.1, -0.05) is 52.5 Å². The number of carbonyl (C=O) groups is 2. The minimum absolute atomic E-state index is 0.0720. The van der Waals surface area contributed by atoms with Gasteiger partial charge in [0.1, 0.15) is 5.75 Å². The molecule has 0 aliphatic carbocycles. The molecule has 2 rings (SSSR count). The van der Waals surface area contributed by atoms with E-state index in [2.05, 4.69) is 5.32 Å². The van der Waals surface area contributed by atoms with Gasteiger partial charge in [0.05, 0.1) is 0 Å². The van der Waals surface area contributed by atoms with Gasteiger partial charge in [-0.05, 0) is 50.2 Å². The Hall–Kier alpha value is -1.75. The first-order valence-electron chi connectivity index (χ1n) is 7.39. The number of alkyl halides is 3. The summed E-state index contributed by atoms with van der Waals surface area (Å²) >= 11 is 17.8. The van der Waals surface area contributed by atoms with Crippen LogP contribution in [0.3, 0.4) is 0 Å². The molecule has 1 amide bonds. The number of Topliss-reactive ketones (excluding diaryl/α,β-unsaturated/α-hetero) is 1. The molecule has 2 aromatic carbocycles. The summed E-state index contributed by atoms with van der Waals surface area (Å²) < 4.78 is 3.71. The molecule has 0 saturated carbocycles. The van der Waals surface area contributed by atoms with Crippen LogP contribution in [0.25, 0.3) is 0 Å². The molecular formula is C18H16Cl3NO3. The number of benzene rings is 2. The molecule has 0 fully saturated rings. The monoisotopic (exact) mass is 399 g/mol. The molecule has 25 heavy (non-hydrogen) atoms. The second kappa shape index (κ2) is 8.09. The number of hydrogen-bond donors (Lipinski definition) is 1. The van der Waals surface area contributed by atoms with E-state index in [1.165, 1.54) is 6.92 Å². The maximum Gasteiger partial charge on any atom is 0.254 e. The van der Waals surface area contributed by atoms with Crippen LogP contribution in [0.5, 0.6) is 5.75 Å². The zero-order chi connectivity index (χ0) is 18.6. The van der Waals surface area contributed by atoms with Gasteiger partial charge in [-0.15, -0.1) is 0 Å². The molecule has 0 aromatic heterocycles. The number of ether oxygens (including phenoxy) is 1. The SMILES string of the molecule is CC(=O)c1ccc(O[C@H](NC(=O)c2cccc(C)c2)C(Cl)(Cl)Cl)cc1. The Bertz CT molecular complexity index is 770. The van der Waals surface area contributed by atoms with Crippen LogP contribution in [0.1, 0.15) is 33.2 Å². The molecule has 2 aromatic rings. The predicted molar refractivity (Wildman–Crippen MR) is 99.8 cm³/mol. The van der Waals surface area contributed by atoms with E-state index in [9.17, 15) is 9.59 Å². The fraction of sp³-hybridized carbons (Fsp3) is 0.222. The van der Waals surface area contributed by atoms with Crippen molar-refractivity contribution in [3.05, 3.63) is 65.2 Å². The van der Waals surface area contributed by atoms with Gasteiger partial charge in [0.15, 0.2) is 5.78 Å². The van der Waals surface area contributed by atoms with Gasteiger partial charge in [-0.25, -0.2) is 0 Å². The van der Waals surface area contributed by atoms with E-state index < -0.39 is 15.9 Å². The maximum atomic E-state index is 12.4. The summed E-state index contributed by atoms with van der Waals surface area (Å²) in [5.41, 5.74) is 1.88. The summed E-state index contributed by atoms with van der Waals surface area (Å²) in [6, 6.07) is 13.3. The van der Waals surface area contributed by atoms with Crippen LogP contribution in [0.2, 0.25) is 0 Å². The van der Waals surface area contributed by atoms with Crippen molar-refractivity contribution in [2.75, 3.05) is 0 Å². The van der Waals surface area contributed by atoms with Gasteiger partial charge in [-0.2, -0.15) is 0 Å². The quantitative estimate of drug-likeness (QED) is 0.449. The Morgan fingerprint density at radius 3 is 2.20 bits per heavy atom. The van der Waals surface area contributed by atoms with Gasteiger partial charge < -0.3 is 10.1 Å². The molecule has 0 saturated heterocycles. The largest absolute Gasteiger partial charge is 0.466 e. The van der Waals surface area contributed by atoms with Crippen molar-refractivity contribution >= 4 is 46.5 Å². The van der Waals surface area contributed by atoms with Gasteiger partial charge in [0.2, 0.25) is 10.0 Å². The summed E-state index contributed by atoms with van der Waals surface area (Å²) in [7, 11) is 0. The van der Waals surface area contributed by atoms with Gasteiger partial charge in [0, 0.05) is 11.1 Å². The number of ketones is 1. The number of amides is 1. The molecule has 1 N–H and O–H groups in total. The molecule has 7 heteroatoms. The highest BCUT2D eigenvalue weighted by Gasteiger charge is 2.36. The third-order valence-corrected chi connectivity index (χ3v) is 3.95. The van der Waals surface area contributed by atoms with Crippen molar-refractivity contribution < 1.29 is 14.3 Å². The molecule has 0 aliphatic rings. The topological polar surface area (TPSA) is 55.4 Å². The number of aryl methyl sites for hydroxylation is 1. The molecule has 0 radical (unpaired) electrons. The zero-order valence-electron chi connectivity index (χ0n) is 13.6. The van der Waals surface area contributed by atoms with E-state index in [4.69, 9.17) is 39.5 Å². The molecule has 132 valence electrons. The number of halogens is 3. The van der Waals surface area contributed by atoms with Crippen molar-refractivity contribution in [3.63, 3.8) is 0 Å². The number of rotatable bonds is 5. The Morgan fingerprint density at radius 2 is 1.68 bits per heavy atom. The lowest BCUT2D eigenvalue weighted by atomic mass is 10.1. The molecular weight excluding hydrogens is 385 g/mol. The normalized spacial score (nSPS) is 12.4. The first-order valence-corrected chi connectivity index (χ1v) is 8.52. The lowest BCUT2D eigenvalue weighted by Gasteiger charge is -2.26. The van der Waals surface area contributed by atoms with Gasteiger partial charge >= 0.3 is 0 Å². The number of hydrogen-bond acceptors (Lipinski definition) is 3. The first kappa shape index (κ1) is 19.6. The highest BCUT2D eigenvalue weighted by molar-refractivity contribution is 6.68. The molecule has 0 bridgehead atoms. The molecule has 0 unspecified atom stereocenters. The van der Waals surface area contributed by atoms with Gasteiger partial charge in [-0.3, -0.25) is 9.59 Å².